The average Bonchev–Trinajstić information content (AvgIpc) is 2.99. The first-order valence-electron chi connectivity index (χ1n) is 6.77. The molecule has 2 aromatic rings. The first-order chi connectivity index (χ1) is 10.6. The van der Waals surface area contributed by atoms with Gasteiger partial charge in [-0.2, -0.15) is 15.4 Å². The van der Waals surface area contributed by atoms with Gasteiger partial charge >= 0.3 is 0 Å². The second kappa shape index (κ2) is 6.75. The van der Waals surface area contributed by atoms with Gasteiger partial charge in [0.1, 0.15) is 5.69 Å². The van der Waals surface area contributed by atoms with Gasteiger partial charge in [-0.15, -0.1) is 6.58 Å². The van der Waals surface area contributed by atoms with Crippen molar-refractivity contribution in [3.05, 3.63) is 36.0 Å². The minimum absolute atomic E-state index is 0.0794. The van der Waals surface area contributed by atoms with Crippen molar-refractivity contribution in [3.8, 4) is 22.8 Å². The van der Waals surface area contributed by atoms with Gasteiger partial charge in [-0.1, -0.05) is 6.08 Å². The standard InChI is InChI=1S/C15H18N4O3/c1-4-6-9-7-10(8-11(21-3)14(9)22-5-2)12-13(15(16)20)18-19-17-12/h4,7-8H,1,5-6H2,2-3H3,(H2,16,20)(H,17,18,19). The van der Waals surface area contributed by atoms with Crippen molar-refractivity contribution in [2.45, 2.75) is 13.3 Å². The van der Waals surface area contributed by atoms with Crippen LogP contribution in [0.1, 0.15) is 23.0 Å². The molecule has 7 nitrogen and oxygen atoms in total. The number of primary amides is 1. The molecule has 116 valence electrons. The quantitative estimate of drug-likeness (QED) is 0.758. The summed E-state index contributed by atoms with van der Waals surface area (Å²) in [5.41, 5.74) is 7.31. The van der Waals surface area contributed by atoms with Crippen molar-refractivity contribution in [2.75, 3.05) is 13.7 Å². The molecule has 1 heterocycles. The third-order valence-corrected chi connectivity index (χ3v) is 3.06. The molecule has 1 aromatic heterocycles. The minimum Gasteiger partial charge on any atom is -0.493 e. The Kier molecular flexibility index (Phi) is 4.77. The summed E-state index contributed by atoms with van der Waals surface area (Å²) in [6, 6.07) is 3.60. The molecular formula is C15H18N4O3. The van der Waals surface area contributed by atoms with Gasteiger partial charge in [0, 0.05) is 11.1 Å². The molecular weight excluding hydrogens is 284 g/mol. The van der Waals surface area contributed by atoms with Crippen LogP contribution in [0.2, 0.25) is 0 Å². The number of nitrogens with one attached hydrogen (secondary N) is 1. The maximum absolute atomic E-state index is 11.4. The molecule has 0 radical (unpaired) electrons. The number of rotatable bonds is 7. The predicted octanol–water partition coefficient (Wildman–Crippen LogP) is 1.71. The monoisotopic (exact) mass is 302 g/mol. The molecule has 0 aliphatic heterocycles. The smallest absolute Gasteiger partial charge is 0.271 e. The van der Waals surface area contributed by atoms with E-state index in [1.807, 2.05) is 13.0 Å². The molecule has 1 amide bonds. The topological polar surface area (TPSA) is 103 Å². The molecule has 1 aromatic carbocycles. The molecule has 3 N–H and O–H groups in total. The van der Waals surface area contributed by atoms with E-state index in [9.17, 15) is 4.79 Å². The highest BCUT2D eigenvalue weighted by molar-refractivity contribution is 5.96. The Morgan fingerprint density at radius 1 is 1.45 bits per heavy atom. The molecule has 0 spiro atoms. The van der Waals surface area contributed by atoms with Crippen molar-refractivity contribution in [1.82, 2.24) is 15.4 Å². The number of methoxy groups -OCH3 is 1. The van der Waals surface area contributed by atoms with Gasteiger partial charge in [0.15, 0.2) is 17.2 Å². The van der Waals surface area contributed by atoms with Gasteiger partial charge in [0.25, 0.3) is 5.91 Å². The molecule has 7 heteroatoms. The molecule has 0 bridgehead atoms. The number of amides is 1. The first-order valence-corrected chi connectivity index (χ1v) is 6.77. The summed E-state index contributed by atoms with van der Waals surface area (Å²) in [7, 11) is 1.55. The Balaban J connectivity index is 2.62. The van der Waals surface area contributed by atoms with Crippen molar-refractivity contribution in [3.63, 3.8) is 0 Å². The summed E-state index contributed by atoms with van der Waals surface area (Å²) in [6.45, 7) is 6.15. The maximum Gasteiger partial charge on any atom is 0.271 e. The molecule has 2 rings (SSSR count). The number of carbonyl (C=O) groups excluding carboxylic acids is 1. The van der Waals surface area contributed by atoms with Gasteiger partial charge in [-0.25, -0.2) is 0 Å². The van der Waals surface area contributed by atoms with E-state index in [0.717, 1.165) is 5.56 Å². The number of aromatic amines is 1. The highest BCUT2D eigenvalue weighted by atomic mass is 16.5. The SMILES string of the molecule is C=CCc1cc(-c2n[nH]nc2C(N)=O)cc(OC)c1OCC. The maximum atomic E-state index is 11.4. The largest absolute Gasteiger partial charge is 0.493 e. The van der Waals surface area contributed by atoms with Crippen molar-refractivity contribution in [1.29, 1.82) is 0 Å². The van der Waals surface area contributed by atoms with E-state index in [1.165, 1.54) is 0 Å². The van der Waals surface area contributed by atoms with Gasteiger partial charge in [-0.3, -0.25) is 4.79 Å². The lowest BCUT2D eigenvalue weighted by atomic mass is 10.0. The summed E-state index contributed by atoms with van der Waals surface area (Å²) in [5.74, 6) is 0.550. The number of hydrogen-bond acceptors (Lipinski definition) is 5. The Morgan fingerprint density at radius 3 is 2.82 bits per heavy atom. The molecule has 0 saturated heterocycles. The van der Waals surface area contributed by atoms with Crippen molar-refractivity contribution >= 4 is 5.91 Å². The van der Waals surface area contributed by atoms with E-state index in [2.05, 4.69) is 22.0 Å². The van der Waals surface area contributed by atoms with E-state index in [1.54, 1.807) is 19.3 Å². The number of nitrogens with zero attached hydrogens (tertiary/aromatic N) is 2. The lowest BCUT2D eigenvalue weighted by molar-refractivity contribution is 0.0996. The van der Waals surface area contributed by atoms with Gasteiger partial charge in [0.2, 0.25) is 0 Å². The fourth-order valence-corrected chi connectivity index (χ4v) is 2.17. The second-order valence-corrected chi connectivity index (χ2v) is 4.48. The predicted molar refractivity (Wildman–Crippen MR) is 82.0 cm³/mol. The number of benzene rings is 1. The van der Waals surface area contributed by atoms with Crippen LogP contribution < -0.4 is 15.2 Å². The van der Waals surface area contributed by atoms with E-state index < -0.39 is 5.91 Å². The molecule has 0 saturated carbocycles. The Bertz CT molecular complexity index is 694. The number of aromatic nitrogens is 3. The second-order valence-electron chi connectivity index (χ2n) is 4.48. The third kappa shape index (κ3) is 2.93. The zero-order chi connectivity index (χ0) is 16.1. The van der Waals surface area contributed by atoms with E-state index in [-0.39, 0.29) is 5.69 Å². The number of hydrogen-bond donors (Lipinski definition) is 2. The molecule has 0 aliphatic carbocycles. The average molecular weight is 302 g/mol. The normalized spacial score (nSPS) is 10.3. The van der Waals surface area contributed by atoms with Crippen LogP contribution >= 0.6 is 0 Å². The number of ether oxygens (including phenoxy) is 2. The highest BCUT2D eigenvalue weighted by Gasteiger charge is 2.19. The lowest BCUT2D eigenvalue weighted by Crippen LogP contribution is -2.13. The van der Waals surface area contributed by atoms with Crippen LogP contribution in [0.5, 0.6) is 11.5 Å². The third-order valence-electron chi connectivity index (χ3n) is 3.06. The molecule has 22 heavy (non-hydrogen) atoms. The zero-order valence-electron chi connectivity index (χ0n) is 12.5. The van der Waals surface area contributed by atoms with Crippen LogP contribution in [-0.4, -0.2) is 35.0 Å². The Hall–Kier alpha value is -2.83. The summed E-state index contributed by atoms with van der Waals surface area (Å²) in [5, 5.41) is 10.2. The summed E-state index contributed by atoms with van der Waals surface area (Å²) >= 11 is 0. The molecule has 0 fully saturated rings. The van der Waals surface area contributed by atoms with Crippen LogP contribution in [0.15, 0.2) is 24.8 Å². The lowest BCUT2D eigenvalue weighted by Gasteiger charge is -2.15. The summed E-state index contributed by atoms with van der Waals surface area (Å²) in [6.07, 6.45) is 2.35. The van der Waals surface area contributed by atoms with Crippen LogP contribution in [-0.2, 0) is 6.42 Å². The first kappa shape index (κ1) is 15.6. The number of H-pyrrole nitrogens is 1. The Morgan fingerprint density at radius 2 is 2.23 bits per heavy atom. The number of carbonyl (C=O) groups is 1. The van der Waals surface area contributed by atoms with Crippen LogP contribution in [0.4, 0.5) is 0 Å². The number of nitrogens with two attached hydrogens (primary N) is 1. The van der Waals surface area contributed by atoms with Crippen LogP contribution in [0, 0.1) is 0 Å². The summed E-state index contributed by atoms with van der Waals surface area (Å²) < 4.78 is 11.0. The van der Waals surface area contributed by atoms with Crippen LogP contribution in [0.3, 0.4) is 0 Å². The molecule has 0 atom stereocenters. The van der Waals surface area contributed by atoms with Gasteiger partial charge in [0.05, 0.1) is 13.7 Å². The molecule has 0 unspecified atom stereocenters. The van der Waals surface area contributed by atoms with Gasteiger partial charge in [-0.05, 0) is 25.5 Å². The fraction of sp³-hybridized carbons (Fsp3) is 0.267. The highest BCUT2D eigenvalue weighted by Crippen LogP contribution is 2.37. The zero-order valence-corrected chi connectivity index (χ0v) is 12.5. The van der Waals surface area contributed by atoms with Crippen molar-refractivity contribution < 1.29 is 14.3 Å². The minimum atomic E-state index is -0.651. The van der Waals surface area contributed by atoms with E-state index in [4.69, 9.17) is 15.2 Å². The number of allylic oxidation sites excluding steroid dienone is 1. The van der Waals surface area contributed by atoms with E-state index in [0.29, 0.717) is 35.8 Å². The van der Waals surface area contributed by atoms with Crippen LogP contribution in [0.25, 0.3) is 11.3 Å². The Labute approximate surface area is 128 Å². The fourth-order valence-electron chi connectivity index (χ4n) is 2.17. The summed E-state index contributed by atoms with van der Waals surface area (Å²) in [4.78, 5) is 11.4. The van der Waals surface area contributed by atoms with Gasteiger partial charge < -0.3 is 15.2 Å². The van der Waals surface area contributed by atoms with Crippen molar-refractivity contribution in [2.24, 2.45) is 5.73 Å². The molecule has 0 aliphatic rings. The van der Waals surface area contributed by atoms with E-state index >= 15 is 0 Å².